The predicted octanol–water partition coefficient (Wildman–Crippen LogP) is 3.05. The first kappa shape index (κ1) is 18.9. The van der Waals surface area contributed by atoms with E-state index >= 15 is 0 Å². The molecule has 148 valence electrons. The quantitative estimate of drug-likeness (QED) is 0.516. The second-order valence-electron chi connectivity index (χ2n) is 6.59. The molecule has 0 saturated heterocycles. The highest BCUT2D eigenvalue weighted by Crippen LogP contribution is 2.33. The van der Waals surface area contributed by atoms with Crippen molar-refractivity contribution in [1.82, 2.24) is 19.7 Å². The number of rotatable bonds is 3. The zero-order valence-corrected chi connectivity index (χ0v) is 16.2. The van der Waals surface area contributed by atoms with E-state index in [1.165, 1.54) is 0 Å². The van der Waals surface area contributed by atoms with Gasteiger partial charge in [0.05, 0.1) is 11.1 Å². The minimum absolute atomic E-state index is 0.0407. The van der Waals surface area contributed by atoms with Gasteiger partial charge in [0.25, 0.3) is 0 Å². The summed E-state index contributed by atoms with van der Waals surface area (Å²) in [6.07, 6.45) is 0.973. The van der Waals surface area contributed by atoms with Crippen molar-refractivity contribution >= 4 is 26.7 Å². The number of aryl methyl sites for hydroxylation is 1. The van der Waals surface area contributed by atoms with Crippen molar-refractivity contribution in [3.05, 3.63) is 59.7 Å². The third-order valence-corrected chi connectivity index (χ3v) is 5.15. The Hall–Kier alpha value is -3.40. The number of benzene rings is 2. The van der Waals surface area contributed by atoms with Crippen molar-refractivity contribution in [2.75, 3.05) is 12.0 Å². The van der Waals surface area contributed by atoms with Crippen molar-refractivity contribution in [1.29, 1.82) is 0 Å². The van der Waals surface area contributed by atoms with E-state index in [0.717, 1.165) is 34.7 Å². The van der Waals surface area contributed by atoms with Crippen LogP contribution in [0.2, 0.25) is 0 Å². The Morgan fingerprint density at radius 3 is 2.52 bits per heavy atom. The minimum atomic E-state index is -3.76. The molecule has 0 aliphatic rings. The first-order valence-corrected chi connectivity index (χ1v) is 10.3. The largest absolute Gasteiger partial charge is 0.383 e. The summed E-state index contributed by atoms with van der Waals surface area (Å²) < 4.78 is 53.1. The van der Waals surface area contributed by atoms with Gasteiger partial charge >= 0.3 is 0 Å². The topological polar surface area (TPSA) is 104 Å². The van der Waals surface area contributed by atoms with Gasteiger partial charge in [0.2, 0.25) is 15.0 Å². The van der Waals surface area contributed by atoms with Crippen LogP contribution in [0.4, 0.5) is 14.6 Å². The van der Waals surface area contributed by atoms with Gasteiger partial charge in [-0.2, -0.15) is 4.98 Å². The van der Waals surface area contributed by atoms with E-state index in [-0.39, 0.29) is 28.2 Å². The van der Waals surface area contributed by atoms with Crippen molar-refractivity contribution in [2.45, 2.75) is 12.1 Å². The van der Waals surface area contributed by atoms with Crippen molar-refractivity contribution in [3.8, 4) is 16.9 Å². The molecule has 0 aliphatic carbocycles. The van der Waals surface area contributed by atoms with Crippen molar-refractivity contribution in [3.63, 3.8) is 0 Å². The van der Waals surface area contributed by atoms with Crippen LogP contribution < -0.4 is 5.73 Å². The Morgan fingerprint density at radius 1 is 1.07 bits per heavy atom. The van der Waals surface area contributed by atoms with Gasteiger partial charge in [0.15, 0.2) is 5.65 Å². The number of hydrogen-bond acceptors (Lipinski definition) is 6. The summed E-state index contributed by atoms with van der Waals surface area (Å²) in [5.41, 5.74) is 7.68. The monoisotopic (exact) mass is 415 g/mol. The minimum Gasteiger partial charge on any atom is -0.383 e. The summed E-state index contributed by atoms with van der Waals surface area (Å²) in [4.78, 5) is 8.18. The van der Waals surface area contributed by atoms with Crippen LogP contribution in [0, 0.1) is 18.6 Å². The first-order chi connectivity index (χ1) is 13.6. The Labute approximate surface area is 164 Å². The molecule has 7 nitrogen and oxygen atoms in total. The van der Waals surface area contributed by atoms with E-state index in [1.54, 1.807) is 18.2 Å². The number of sulfone groups is 1. The number of hydrogen-bond donors (Lipinski definition) is 1. The molecular formula is C19H15F2N5O2S. The van der Waals surface area contributed by atoms with Crippen molar-refractivity contribution < 1.29 is 17.2 Å². The Balaban J connectivity index is 2.11. The molecule has 4 aromatic rings. The molecule has 2 aromatic heterocycles. The van der Waals surface area contributed by atoms with Crippen molar-refractivity contribution in [2.24, 2.45) is 0 Å². The van der Waals surface area contributed by atoms with Gasteiger partial charge < -0.3 is 5.73 Å². The van der Waals surface area contributed by atoms with Crippen LogP contribution in [0.5, 0.6) is 0 Å². The fourth-order valence-corrected chi connectivity index (χ4v) is 3.50. The summed E-state index contributed by atoms with van der Waals surface area (Å²) >= 11 is 0. The maximum atomic E-state index is 14.3. The lowest BCUT2D eigenvalue weighted by Gasteiger charge is -2.07. The van der Waals surface area contributed by atoms with Crippen LogP contribution in [-0.4, -0.2) is 34.4 Å². The molecule has 0 unspecified atom stereocenters. The highest BCUT2D eigenvalue weighted by molar-refractivity contribution is 7.90. The molecule has 29 heavy (non-hydrogen) atoms. The zero-order valence-electron chi connectivity index (χ0n) is 15.4. The maximum Gasteiger partial charge on any atom is 0.249 e. The van der Waals surface area contributed by atoms with E-state index in [4.69, 9.17) is 5.73 Å². The third-order valence-electron chi connectivity index (χ3n) is 4.31. The van der Waals surface area contributed by atoms with Crippen LogP contribution in [0.15, 0.2) is 47.6 Å². The molecule has 0 spiro atoms. The SMILES string of the molecule is Cc1cccc(-c2nc(S(C)(=O)=O)nc3nn(-c4cc(F)ccc4F)c(N)c23)c1. The zero-order chi connectivity index (χ0) is 20.9. The molecule has 2 N–H and O–H groups in total. The molecule has 4 rings (SSSR count). The number of nitrogens with two attached hydrogens (primary N) is 1. The molecule has 0 bridgehead atoms. The number of nitrogens with zero attached hydrogens (tertiary/aromatic N) is 4. The Morgan fingerprint density at radius 2 is 1.83 bits per heavy atom. The lowest BCUT2D eigenvalue weighted by Crippen LogP contribution is -2.06. The summed E-state index contributed by atoms with van der Waals surface area (Å²) in [5, 5.41) is 3.94. The highest BCUT2D eigenvalue weighted by Gasteiger charge is 2.23. The van der Waals surface area contributed by atoms with Gasteiger partial charge in [-0.25, -0.2) is 26.9 Å². The Kier molecular flexibility index (Phi) is 4.30. The fraction of sp³-hybridized carbons (Fsp3) is 0.105. The number of nitrogen functional groups attached to an aromatic ring is 1. The average molecular weight is 415 g/mol. The van der Waals surface area contributed by atoms with Gasteiger partial charge in [-0.1, -0.05) is 23.8 Å². The first-order valence-electron chi connectivity index (χ1n) is 8.44. The summed E-state index contributed by atoms with van der Waals surface area (Å²) in [6.45, 7) is 1.87. The molecule has 0 atom stereocenters. The normalized spacial score (nSPS) is 11.9. The van der Waals surface area contributed by atoms with Gasteiger partial charge in [0.1, 0.15) is 23.1 Å². The van der Waals surface area contributed by atoms with E-state index in [2.05, 4.69) is 15.1 Å². The number of aromatic nitrogens is 4. The van der Waals surface area contributed by atoms with Gasteiger partial charge in [-0.3, -0.25) is 0 Å². The fourth-order valence-electron chi connectivity index (χ4n) is 2.99. The van der Waals surface area contributed by atoms with Gasteiger partial charge in [-0.15, -0.1) is 5.10 Å². The summed E-state index contributed by atoms with van der Waals surface area (Å²) in [6, 6.07) is 10.0. The number of fused-ring (bicyclic) bond motifs is 1. The van der Waals surface area contributed by atoms with Gasteiger partial charge in [0, 0.05) is 17.9 Å². The predicted molar refractivity (Wildman–Crippen MR) is 104 cm³/mol. The summed E-state index contributed by atoms with van der Waals surface area (Å²) in [7, 11) is -3.76. The van der Waals surface area contributed by atoms with Crippen LogP contribution in [0.3, 0.4) is 0 Å². The van der Waals surface area contributed by atoms with E-state index < -0.39 is 26.6 Å². The molecule has 10 heteroatoms. The molecule has 0 aliphatic heterocycles. The molecule has 2 heterocycles. The average Bonchev–Trinajstić information content (AvgIpc) is 2.99. The lowest BCUT2D eigenvalue weighted by molar-refractivity contribution is 0.587. The van der Waals surface area contributed by atoms with Gasteiger partial charge in [-0.05, 0) is 25.1 Å². The molecule has 0 amide bonds. The van der Waals surface area contributed by atoms with E-state index in [9.17, 15) is 17.2 Å². The smallest absolute Gasteiger partial charge is 0.249 e. The van der Waals surface area contributed by atoms with E-state index in [0.29, 0.717) is 5.56 Å². The van der Waals surface area contributed by atoms with Crippen LogP contribution in [-0.2, 0) is 9.84 Å². The highest BCUT2D eigenvalue weighted by atomic mass is 32.2. The van der Waals surface area contributed by atoms with E-state index in [1.807, 2.05) is 13.0 Å². The second kappa shape index (κ2) is 6.59. The standard InChI is InChI=1S/C19H15F2N5O2S/c1-10-4-3-5-11(8-10)16-15-17(22)26(14-9-12(20)6-7-13(14)21)25-18(15)24-19(23-16)29(2,27)28/h3-9H,22H2,1-2H3. The Bertz CT molecular complexity index is 1380. The van der Waals surface area contributed by atoms with Crippen LogP contribution >= 0.6 is 0 Å². The van der Waals surface area contributed by atoms with Crippen LogP contribution in [0.25, 0.3) is 28.0 Å². The number of halogens is 2. The molecular weight excluding hydrogens is 400 g/mol. The molecule has 0 saturated carbocycles. The molecule has 0 radical (unpaired) electrons. The number of anilines is 1. The maximum absolute atomic E-state index is 14.3. The lowest BCUT2D eigenvalue weighted by atomic mass is 10.1. The molecule has 0 fully saturated rings. The van der Waals surface area contributed by atoms with Crippen LogP contribution in [0.1, 0.15) is 5.56 Å². The third kappa shape index (κ3) is 3.31. The molecule has 2 aromatic carbocycles. The second-order valence-corrected chi connectivity index (χ2v) is 8.50. The summed E-state index contributed by atoms with van der Waals surface area (Å²) in [5.74, 6) is -1.47.